The number of urea groups is 1. The van der Waals surface area contributed by atoms with E-state index in [1.807, 2.05) is 0 Å². The summed E-state index contributed by atoms with van der Waals surface area (Å²) in [5, 5.41) is 6.34. The normalized spacial score (nSPS) is 30.5. The maximum Gasteiger partial charge on any atom is 0.315 e. The fourth-order valence-corrected chi connectivity index (χ4v) is 3.40. The molecule has 2 atom stereocenters. The van der Waals surface area contributed by atoms with Crippen LogP contribution in [0.4, 0.5) is 4.79 Å². The molecule has 0 aromatic heterocycles. The summed E-state index contributed by atoms with van der Waals surface area (Å²) in [6.07, 6.45) is 12.4. The van der Waals surface area contributed by atoms with Crippen LogP contribution in [0.15, 0.2) is 0 Å². The van der Waals surface area contributed by atoms with Gasteiger partial charge in [0.2, 0.25) is 0 Å². The van der Waals surface area contributed by atoms with E-state index in [0.717, 1.165) is 31.6 Å². The van der Waals surface area contributed by atoms with E-state index in [2.05, 4.69) is 17.6 Å². The molecule has 0 radical (unpaired) electrons. The van der Waals surface area contributed by atoms with Gasteiger partial charge in [0.15, 0.2) is 0 Å². The van der Waals surface area contributed by atoms with Crippen LogP contribution in [-0.4, -0.2) is 18.1 Å². The number of carbonyl (C=O) groups excluding carboxylic acids is 1. The summed E-state index contributed by atoms with van der Waals surface area (Å²) in [5.74, 6) is 0.766. The largest absolute Gasteiger partial charge is 0.335 e. The number of hydrogen-bond donors (Lipinski definition) is 2. The smallest absolute Gasteiger partial charge is 0.315 e. The minimum Gasteiger partial charge on any atom is -0.335 e. The van der Waals surface area contributed by atoms with Gasteiger partial charge in [0.25, 0.3) is 0 Å². The molecule has 0 saturated heterocycles. The third-order valence-corrected chi connectivity index (χ3v) is 4.46. The van der Waals surface area contributed by atoms with Crippen LogP contribution in [0.2, 0.25) is 0 Å². The Labute approximate surface area is 111 Å². The van der Waals surface area contributed by atoms with Crippen molar-refractivity contribution in [3.8, 4) is 0 Å². The van der Waals surface area contributed by atoms with E-state index in [-0.39, 0.29) is 6.03 Å². The number of nitrogens with one attached hydrogen (secondary N) is 2. The molecule has 0 aliphatic heterocycles. The first-order valence-corrected chi connectivity index (χ1v) is 7.81. The predicted molar refractivity (Wildman–Crippen MR) is 74.6 cm³/mol. The molecule has 2 rings (SSSR count). The highest BCUT2D eigenvalue weighted by Crippen LogP contribution is 2.23. The zero-order valence-corrected chi connectivity index (χ0v) is 11.7. The van der Waals surface area contributed by atoms with Gasteiger partial charge >= 0.3 is 6.03 Å². The molecular formula is C15H28N2O. The maximum atomic E-state index is 12.0. The first-order chi connectivity index (χ1) is 8.74. The molecule has 2 aliphatic rings. The van der Waals surface area contributed by atoms with Gasteiger partial charge in [-0.15, -0.1) is 0 Å². The van der Waals surface area contributed by atoms with Crippen LogP contribution in [0.1, 0.15) is 71.1 Å². The molecule has 0 aromatic rings. The topological polar surface area (TPSA) is 41.1 Å². The van der Waals surface area contributed by atoms with E-state index >= 15 is 0 Å². The molecule has 2 fully saturated rings. The number of hydrogen-bond acceptors (Lipinski definition) is 1. The van der Waals surface area contributed by atoms with E-state index in [1.165, 1.54) is 38.5 Å². The molecule has 0 spiro atoms. The molecule has 3 nitrogen and oxygen atoms in total. The van der Waals surface area contributed by atoms with Crippen LogP contribution < -0.4 is 10.6 Å². The lowest BCUT2D eigenvalue weighted by Gasteiger charge is -2.28. The molecule has 0 bridgehead atoms. The van der Waals surface area contributed by atoms with Crippen LogP contribution in [0.25, 0.3) is 0 Å². The van der Waals surface area contributed by atoms with E-state index in [9.17, 15) is 4.79 Å². The standard InChI is InChI=1S/C15H28N2O/c1-12-7-6-10-14(11-12)17-15(18)16-13-8-4-2-3-5-9-13/h12-14H,2-11H2,1H3,(H2,16,17,18). The van der Waals surface area contributed by atoms with Crippen LogP contribution in [-0.2, 0) is 0 Å². The Kier molecular flexibility index (Phi) is 5.33. The van der Waals surface area contributed by atoms with Crippen molar-refractivity contribution in [3.05, 3.63) is 0 Å². The Balaban J connectivity index is 1.70. The van der Waals surface area contributed by atoms with Gasteiger partial charge in [-0.3, -0.25) is 0 Å². The van der Waals surface area contributed by atoms with Gasteiger partial charge in [-0.1, -0.05) is 45.4 Å². The monoisotopic (exact) mass is 252 g/mol. The molecule has 2 aliphatic carbocycles. The van der Waals surface area contributed by atoms with Crippen molar-refractivity contribution in [2.75, 3.05) is 0 Å². The van der Waals surface area contributed by atoms with Crippen molar-refractivity contribution < 1.29 is 4.79 Å². The van der Waals surface area contributed by atoms with Gasteiger partial charge in [0.1, 0.15) is 0 Å². The fraction of sp³-hybridized carbons (Fsp3) is 0.933. The van der Waals surface area contributed by atoms with Crippen LogP contribution in [0.3, 0.4) is 0 Å². The average Bonchev–Trinajstić information content (AvgIpc) is 2.57. The van der Waals surface area contributed by atoms with E-state index < -0.39 is 0 Å². The third kappa shape index (κ3) is 4.51. The zero-order valence-electron chi connectivity index (χ0n) is 11.7. The SMILES string of the molecule is CC1CCCC(NC(=O)NC2CCCCCC2)C1. The lowest BCUT2D eigenvalue weighted by molar-refractivity contribution is 0.222. The Morgan fingerprint density at radius 3 is 2.11 bits per heavy atom. The zero-order chi connectivity index (χ0) is 12.8. The predicted octanol–water partition coefficient (Wildman–Crippen LogP) is 3.59. The second-order valence-corrected chi connectivity index (χ2v) is 6.27. The van der Waals surface area contributed by atoms with Crippen LogP contribution >= 0.6 is 0 Å². The lowest BCUT2D eigenvalue weighted by atomic mass is 9.87. The number of rotatable bonds is 2. The second-order valence-electron chi connectivity index (χ2n) is 6.27. The highest BCUT2D eigenvalue weighted by Gasteiger charge is 2.21. The molecule has 18 heavy (non-hydrogen) atoms. The Hall–Kier alpha value is -0.730. The molecule has 0 aromatic carbocycles. The van der Waals surface area contributed by atoms with Crippen LogP contribution in [0, 0.1) is 5.92 Å². The molecule has 2 saturated carbocycles. The van der Waals surface area contributed by atoms with E-state index in [0.29, 0.717) is 12.1 Å². The minimum absolute atomic E-state index is 0.0704. The molecule has 2 amide bonds. The summed E-state index contributed by atoms with van der Waals surface area (Å²) in [4.78, 5) is 12.0. The van der Waals surface area contributed by atoms with Gasteiger partial charge in [-0.05, 0) is 31.6 Å². The first-order valence-electron chi connectivity index (χ1n) is 7.81. The Morgan fingerprint density at radius 2 is 1.44 bits per heavy atom. The van der Waals surface area contributed by atoms with E-state index in [4.69, 9.17) is 0 Å². The molecule has 104 valence electrons. The average molecular weight is 252 g/mol. The van der Waals surface area contributed by atoms with Crippen molar-refractivity contribution in [3.63, 3.8) is 0 Å². The van der Waals surface area contributed by atoms with Crippen molar-refractivity contribution >= 4 is 6.03 Å². The number of carbonyl (C=O) groups is 1. The quantitative estimate of drug-likeness (QED) is 0.725. The van der Waals surface area contributed by atoms with Crippen molar-refractivity contribution in [2.45, 2.75) is 83.2 Å². The maximum absolute atomic E-state index is 12.0. The van der Waals surface area contributed by atoms with Crippen molar-refractivity contribution in [1.29, 1.82) is 0 Å². The van der Waals surface area contributed by atoms with Gasteiger partial charge in [0.05, 0.1) is 0 Å². The summed E-state index contributed by atoms with van der Waals surface area (Å²) >= 11 is 0. The summed E-state index contributed by atoms with van der Waals surface area (Å²) in [5.41, 5.74) is 0. The van der Waals surface area contributed by atoms with Gasteiger partial charge in [-0.25, -0.2) is 4.79 Å². The minimum atomic E-state index is 0.0704. The Morgan fingerprint density at radius 1 is 0.833 bits per heavy atom. The molecule has 3 heteroatoms. The third-order valence-electron chi connectivity index (χ3n) is 4.46. The first kappa shape index (κ1) is 13.7. The second kappa shape index (κ2) is 7.01. The van der Waals surface area contributed by atoms with Crippen LogP contribution in [0.5, 0.6) is 0 Å². The van der Waals surface area contributed by atoms with Gasteiger partial charge < -0.3 is 10.6 Å². The molecule has 2 N–H and O–H groups in total. The highest BCUT2D eigenvalue weighted by molar-refractivity contribution is 5.74. The molecule has 2 unspecified atom stereocenters. The van der Waals surface area contributed by atoms with Crippen molar-refractivity contribution in [2.24, 2.45) is 5.92 Å². The van der Waals surface area contributed by atoms with Gasteiger partial charge in [0, 0.05) is 12.1 Å². The van der Waals surface area contributed by atoms with Gasteiger partial charge in [-0.2, -0.15) is 0 Å². The van der Waals surface area contributed by atoms with E-state index in [1.54, 1.807) is 0 Å². The molecule has 0 heterocycles. The summed E-state index contributed by atoms with van der Waals surface area (Å²) < 4.78 is 0. The summed E-state index contributed by atoms with van der Waals surface area (Å²) in [7, 11) is 0. The molecular weight excluding hydrogens is 224 g/mol. The lowest BCUT2D eigenvalue weighted by Crippen LogP contribution is -2.47. The van der Waals surface area contributed by atoms with Crippen molar-refractivity contribution in [1.82, 2.24) is 10.6 Å². The highest BCUT2D eigenvalue weighted by atomic mass is 16.2. The number of amides is 2. The Bertz CT molecular complexity index is 253. The summed E-state index contributed by atoms with van der Waals surface area (Å²) in [6.45, 7) is 2.29. The summed E-state index contributed by atoms with van der Waals surface area (Å²) in [6, 6.07) is 0.883. The fourth-order valence-electron chi connectivity index (χ4n) is 3.40.